The highest BCUT2D eigenvalue weighted by Gasteiger charge is 1.98. The first kappa shape index (κ1) is 8.48. The smallest absolute Gasteiger partial charge is 0.00815 e. The topological polar surface area (TPSA) is 0 Å². The summed E-state index contributed by atoms with van der Waals surface area (Å²) in [5, 5.41) is 0. The molecule has 52 valence electrons. The van der Waals surface area contributed by atoms with E-state index >= 15 is 0 Å². The molecular weight excluding hydrogens is 108 g/mol. The second-order valence-corrected chi connectivity index (χ2v) is 2.49. The van der Waals surface area contributed by atoms with E-state index in [4.69, 9.17) is 0 Å². The predicted molar refractivity (Wildman–Crippen MR) is 43.3 cm³/mol. The molecule has 0 saturated heterocycles. The van der Waals surface area contributed by atoms with Crippen LogP contribution in [0.15, 0.2) is 24.3 Å². The Morgan fingerprint density at radius 2 is 1.00 bits per heavy atom. The summed E-state index contributed by atoms with van der Waals surface area (Å²) < 4.78 is 0. The molecule has 0 heterocycles. The molecule has 0 unspecified atom stereocenters. The summed E-state index contributed by atoms with van der Waals surface area (Å²) in [6, 6.07) is 0. The lowest BCUT2D eigenvalue weighted by Gasteiger charge is -2.07. The van der Waals surface area contributed by atoms with Crippen LogP contribution in [0.2, 0.25) is 0 Å². The van der Waals surface area contributed by atoms with E-state index in [-0.39, 0.29) is 7.43 Å². The van der Waals surface area contributed by atoms with Crippen LogP contribution in [0.25, 0.3) is 0 Å². The van der Waals surface area contributed by atoms with Crippen molar-refractivity contribution in [1.29, 1.82) is 0 Å². The molecule has 0 aromatic rings. The van der Waals surface area contributed by atoms with Crippen molar-refractivity contribution in [2.75, 3.05) is 0 Å². The number of hydrogen-bond acceptors (Lipinski definition) is 0. The van der Waals surface area contributed by atoms with Gasteiger partial charge in [-0.1, -0.05) is 45.6 Å². The summed E-state index contributed by atoms with van der Waals surface area (Å²) in [5.41, 5.74) is 0. The molecule has 0 spiro atoms. The Morgan fingerprint density at radius 1 is 0.778 bits per heavy atom. The quantitative estimate of drug-likeness (QED) is 0.435. The first-order valence-corrected chi connectivity index (χ1v) is 3.15. The first-order valence-electron chi connectivity index (χ1n) is 3.15. The summed E-state index contributed by atoms with van der Waals surface area (Å²) >= 11 is 0. The molecule has 0 saturated carbocycles. The van der Waals surface area contributed by atoms with Gasteiger partial charge in [0.1, 0.15) is 0 Å². The molecule has 0 radical (unpaired) electrons. The number of hydrogen-bond donors (Lipinski definition) is 0. The summed E-state index contributed by atoms with van der Waals surface area (Å²) in [6.07, 6.45) is 8.96. The molecule has 1 aliphatic rings. The Balaban J connectivity index is 0.000000640. The highest BCUT2D eigenvalue weighted by Crippen LogP contribution is 2.12. The van der Waals surface area contributed by atoms with Gasteiger partial charge in [-0.15, -0.1) is 0 Å². The lowest BCUT2D eigenvalue weighted by atomic mass is 9.99. The largest absolute Gasteiger partial charge is 0.0813 e. The molecular formula is C9H16. The van der Waals surface area contributed by atoms with Gasteiger partial charge < -0.3 is 0 Å². The van der Waals surface area contributed by atoms with Crippen LogP contribution in [-0.2, 0) is 0 Å². The van der Waals surface area contributed by atoms with Crippen LogP contribution in [0.3, 0.4) is 0 Å². The van der Waals surface area contributed by atoms with Crippen molar-refractivity contribution in [2.24, 2.45) is 11.8 Å². The Bertz CT molecular complexity index is 92.0. The molecule has 9 heavy (non-hydrogen) atoms. The van der Waals surface area contributed by atoms with Gasteiger partial charge in [0.05, 0.1) is 0 Å². The zero-order chi connectivity index (χ0) is 5.98. The van der Waals surface area contributed by atoms with E-state index in [1.165, 1.54) is 0 Å². The Morgan fingerprint density at radius 3 is 1.22 bits per heavy atom. The minimum absolute atomic E-state index is 0. The predicted octanol–water partition coefficient (Wildman–Crippen LogP) is 3.02. The molecule has 1 aliphatic carbocycles. The summed E-state index contributed by atoms with van der Waals surface area (Å²) in [7, 11) is 0. The van der Waals surface area contributed by atoms with Crippen molar-refractivity contribution in [3.05, 3.63) is 24.3 Å². The molecule has 0 aromatic carbocycles. The van der Waals surface area contributed by atoms with Crippen molar-refractivity contribution in [3.63, 3.8) is 0 Å². The van der Waals surface area contributed by atoms with Gasteiger partial charge >= 0.3 is 0 Å². The molecule has 0 fully saturated rings. The van der Waals surface area contributed by atoms with Crippen molar-refractivity contribution in [3.8, 4) is 0 Å². The highest BCUT2D eigenvalue weighted by atomic mass is 14.0. The van der Waals surface area contributed by atoms with Crippen molar-refractivity contribution in [2.45, 2.75) is 21.3 Å². The average molecular weight is 124 g/mol. The van der Waals surface area contributed by atoms with Crippen LogP contribution in [0.1, 0.15) is 21.3 Å². The average Bonchev–Trinajstić information content (AvgIpc) is 1.77. The zero-order valence-electron chi connectivity index (χ0n) is 5.46. The van der Waals surface area contributed by atoms with Gasteiger partial charge in [-0.05, 0) is 11.8 Å². The van der Waals surface area contributed by atoms with E-state index in [9.17, 15) is 0 Å². The van der Waals surface area contributed by atoms with E-state index in [0.29, 0.717) is 11.8 Å². The molecule has 1 rings (SSSR count). The van der Waals surface area contributed by atoms with Gasteiger partial charge in [0.25, 0.3) is 0 Å². The maximum absolute atomic E-state index is 2.24. The lowest BCUT2D eigenvalue weighted by Crippen LogP contribution is -1.93. The maximum atomic E-state index is 2.24. The SMILES string of the molecule is C.CC1C=CC(C)C=C1. The fourth-order valence-electron chi connectivity index (χ4n) is 0.829. The number of rotatable bonds is 0. The van der Waals surface area contributed by atoms with Crippen LogP contribution in [0, 0.1) is 11.8 Å². The zero-order valence-corrected chi connectivity index (χ0v) is 5.46. The van der Waals surface area contributed by atoms with Crippen LogP contribution in [0.5, 0.6) is 0 Å². The van der Waals surface area contributed by atoms with E-state index in [1.54, 1.807) is 0 Å². The van der Waals surface area contributed by atoms with Crippen LogP contribution < -0.4 is 0 Å². The minimum atomic E-state index is 0. The monoisotopic (exact) mass is 124 g/mol. The third-order valence-electron chi connectivity index (χ3n) is 1.44. The molecule has 0 N–H and O–H groups in total. The normalized spacial score (nSPS) is 31.8. The standard InChI is InChI=1S/C8H12.CH4/c1-7-3-5-8(2)6-4-7;/h3-8H,1-2H3;1H4. The van der Waals surface area contributed by atoms with E-state index in [2.05, 4.69) is 38.2 Å². The summed E-state index contributed by atoms with van der Waals surface area (Å²) in [4.78, 5) is 0. The second-order valence-electron chi connectivity index (χ2n) is 2.49. The van der Waals surface area contributed by atoms with Gasteiger partial charge in [0.2, 0.25) is 0 Å². The van der Waals surface area contributed by atoms with E-state index < -0.39 is 0 Å². The highest BCUT2D eigenvalue weighted by molar-refractivity contribution is 5.10. The third kappa shape index (κ3) is 2.50. The van der Waals surface area contributed by atoms with Gasteiger partial charge in [-0.3, -0.25) is 0 Å². The molecule has 0 aliphatic heterocycles. The van der Waals surface area contributed by atoms with Gasteiger partial charge in [0.15, 0.2) is 0 Å². The van der Waals surface area contributed by atoms with Crippen LogP contribution in [-0.4, -0.2) is 0 Å². The molecule has 0 amide bonds. The maximum Gasteiger partial charge on any atom is -0.00815 e. The lowest BCUT2D eigenvalue weighted by molar-refractivity contribution is 0.827. The van der Waals surface area contributed by atoms with Gasteiger partial charge in [-0.25, -0.2) is 0 Å². The van der Waals surface area contributed by atoms with Gasteiger partial charge in [-0.2, -0.15) is 0 Å². The third-order valence-corrected chi connectivity index (χ3v) is 1.44. The fourth-order valence-corrected chi connectivity index (χ4v) is 0.829. The van der Waals surface area contributed by atoms with E-state index in [0.717, 1.165) is 0 Å². The number of allylic oxidation sites excluding steroid dienone is 4. The van der Waals surface area contributed by atoms with Crippen molar-refractivity contribution < 1.29 is 0 Å². The molecule has 0 nitrogen and oxygen atoms in total. The van der Waals surface area contributed by atoms with Crippen molar-refractivity contribution >= 4 is 0 Å². The first-order chi connectivity index (χ1) is 3.79. The molecule has 0 atom stereocenters. The van der Waals surface area contributed by atoms with Gasteiger partial charge in [0, 0.05) is 0 Å². The fraction of sp³-hybridized carbons (Fsp3) is 0.556. The van der Waals surface area contributed by atoms with Crippen LogP contribution >= 0.6 is 0 Å². The second kappa shape index (κ2) is 3.49. The van der Waals surface area contributed by atoms with E-state index in [1.807, 2.05) is 0 Å². The Labute approximate surface area is 58.3 Å². The van der Waals surface area contributed by atoms with Crippen LogP contribution in [0.4, 0.5) is 0 Å². The summed E-state index contributed by atoms with van der Waals surface area (Å²) in [5.74, 6) is 1.32. The minimum Gasteiger partial charge on any atom is -0.0813 e. The Kier molecular flexibility index (Phi) is 3.29. The molecule has 0 aromatic heterocycles. The van der Waals surface area contributed by atoms with Crippen molar-refractivity contribution in [1.82, 2.24) is 0 Å². The molecule has 0 heteroatoms. The Hall–Kier alpha value is -0.520. The molecule has 0 bridgehead atoms. The summed E-state index contributed by atoms with van der Waals surface area (Å²) in [6.45, 7) is 4.39.